The van der Waals surface area contributed by atoms with Crippen LogP contribution in [0.25, 0.3) is 0 Å². The normalized spacial score (nSPS) is 14.8. The molecule has 0 radical (unpaired) electrons. The Hall–Kier alpha value is -2.56. The Labute approximate surface area is 174 Å². The Morgan fingerprint density at radius 1 is 0.828 bits per heavy atom. The third kappa shape index (κ3) is 4.24. The van der Waals surface area contributed by atoms with Gasteiger partial charge in [0, 0.05) is 49.2 Å². The molecule has 2 amide bonds. The molecule has 5 heteroatoms. The van der Waals surface area contributed by atoms with Crippen LogP contribution in [-0.2, 0) is 0 Å². The zero-order valence-electron chi connectivity index (χ0n) is 18.5. The molecule has 0 aliphatic carbocycles. The van der Waals surface area contributed by atoms with Crippen molar-refractivity contribution in [1.29, 1.82) is 0 Å². The molecule has 5 nitrogen and oxygen atoms in total. The van der Waals surface area contributed by atoms with Crippen LogP contribution in [0, 0.1) is 13.8 Å². The minimum absolute atomic E-state index is 0.0467. The number of rotatable bonds is 4. The SMILES string of the molecule is Cc1cc(C(=O)N2CCN(C(=O)c3ccc(C(C)C)cc3)CC2)c(C)n1C(C)C. The van der Waals surface area contributed by atoms with Gasteiger partial charge >= 0.3 is 0 Å². The Morgan fingerprint density at radius 3 is 1.79 bits per heavy atom. The van der Waals surface area contributed by atoms with E-state index in [9.17, 15) is 9.59 Å². The molecule has 1 fully saturated rings. The third-order valence-corrected chi connectivity index (χ3v) is 5.91. The molecule has 0 bridgehead atoms. The fourth-order valence-corrected chi connectivity index (χ4v) is 4.26. The highest BCUT2D eigenvalue weighted by Crippen LogP contribution is 2.22. The lowest BCUT2D eigenvalue weighted by Gasteiger charge is -2.35. The van der Waals surface area contributed by atoms with Gasteiger partial charge in [0.05, 0.1) is 5.56 Å². The van der Waals surface area contributed by atoms with E-state index in [-0.39, 0.29) is 11.8 Å². The van der Waals surface area contributed by atoms with Crippen LogP contribution in [-0.4, -0.2) is 52.4 Å². The number of aryl methyl sites for hydroxylation is 1. The molecule has 1 aliphatic heterocycles. The molecular weight excluding hydrogens is 362 g/mol. The first kappa shape index (κ1) is 21.2. The summed E-state index contributed by atoms with van der Waals surface area (Å²) in [7, 11) is 0. The Kier molecular flexibility index (Phi) is 6.15. The van der Waals surface area contributed by atoms with E-state index < -0.39 is 0 Å². The van der Waals surface area contributed by atoms with Crippen molar-refractivity contribution in [3.63, 3.8) is 0 Å². The minimum atomic E-state index is 0.0467. The van der Waals surface area contributed by atoms with Crippen molar-refractivity contribution in [2.75, 3.05) is 26.2 Å². The van der Waals surface area contributed by atoms with Crippen LogP contribution < -0.4 is 0 Å². The summed E-state index contributed by atoms with van der Waals surface area (Å²) < 4.78 is 2.20. The number of amides is 2. The molecule has 1 aromatic carbocycles. The van der Waals surface area contributed by atoms with E-state index in [1.807, 2.05) is 54.0 Å². The number of carbonyl (C=O) groups excluding carboxylic acids is 2. The van der Waals surface area contributed by atoms with Crippen molar-refractivity contribution < 1.29 is 9.59 Å². The van der Waals surface area contributed by atoms with Crippen molar-refractivity contribution >= 4 is 11.8 Å². The largest absolute Gasteiger partial charge is 0.346 e. The maximum atomic E-state index is 13.1. The van der Waals surface area contributed by atoms with Crippen molar-refractivity contribution in [2.45, 2.75) is 53.5 Å². The topological polar surface area (TPSA) is 45.6 Å². The van der Waals surface area contributed by atoms with Crippen molar-refractivity contribution in [3.8, 4) is 0 Å². The van der Waals surface area contributed by atoms with Gasteiger partial charge in [-0.2, -0.15) is 0 Å². The van der Waals surface area contributed by atoms with Gasteiger partial charge in [-0.25, -0.2) is 0 Å². The van der Waals surface area contributed by atoms with Gasteiger partial charge in [0.2, 0.25) is 0 Å². The average Bonchev–Trinajstić information content (AvgIpc) is 3.01. The van der Waals surface area contributed by atoms with Gasteiger partial charge in [0.1, 0.15) is 0 Å². The summed E-state index contributed by atoms with van der Waals surface area (Å²) in [6.45, 7) is 14.9. The van der Waals surface area contributed by atoms with Crippen molar-refractivity contribution in [2.24, 2.45) is 0 Å². The van der Waals surface area contributed by atoms with Crippen LogP contribution >= 0.6 is 0 Å². The molecule has 0 N–H and O–H groups in total. The number of piperazine rings is 1. The molecule has 1 aliphatic rings. The number of aromatic nitrogens is 1. The van der Waals surface area contributed by atoms with Gasteiger partial charge in [-0.15, -0.1) is 0 Å². The lowest BCUT2D eigenvalue weighted by molar-refractivity contribution is 0.0535. The molecule has 1 saturated heterocycles. The molecule has 0 saturated carbocycles. The first-order chi connectivity index (χ1) is 13.7. The highest BCUT2D eigenvalue weighted by molar-refractivity contribution is 5.97. The summed E-state index contributed by atoms with van der Waals surface area (Å²) in [6.07, 6.45) is 0. The zero-order valence-corrected chi connectivity index (χ0v) is 18.5. The number of benzene rings is 1. The zero-order chi connectivity index (χ0) is 21.3. The number of hydrogen-bond donors (Lipinski definition) is 0. The van der Waals surface area contributed by atoms with Crippen molar-refractivity contribution in [1.82, 2.24) is 14.4 Å². The quantitative estimate of drug-likeness (QED) is 0.770. The molecule has 29 heavy (non-hydrogen) atoms. The van der Waals surface area contributed by atoms with E-state index in [2.05, 4.69) is 32.3 Å². The molecule has 0 atom stereocenters. The van der Waals surface area contributed by atoms with E-state index in [1.165, 1.54) is 5.56 Å². The maximum absolute atomic E-state index is 13.1. The molecule has 3 rings (SSSR count). The maximum Gasteiger partial charge on any atom is 0.255 e. The van der Waals surface area contributed by atoms with E-state index >= 15 is 0 Å². The second-order valence-electron chi connectivity index (χ2n) is 8.61. The molecular formula is C24H33N3O2. The summed E-state index contributed by atoms with van der Waals surface area (Å²) in [4.78, 5) is 29.6. The van der Waals surface area contributed by atoms with E-state index in [0.717, 1.165) is 22.5 Å². The van der Waals surface area contributed by atoms with Crippen LogP contribution in [0.15, 0.2) is 30.3 Å². The van der Waals surface area contributed by atoms with Crippen LogP contribution in [0.5, 0.6) is 0 Å². The summed E-state index contributed by atoms with van der Waals surface area (Å²) in [5, 5.41) is 0. The standard InChI is InChI=1S/C24H33N3O2/c1-16(2)20-7-9-21(10-8-20)23(28)25-11-13-26(14-12-25)24(29)22-15-18(5)27(17(3)4)19(22)6/h7-10,15-17H,11-14H2,1-6H3. The highest BCUT2D eigenvalue weighted by atomic mass is 16.2. The number of nitrogens with zero attached hydrogens (tertiary/aromatic N) is 3. The summed E-state index contributed by atoms with van der Waals surface area (Å²) >= 11 is 0. The van der Waals surface area contributed by atoms with Gasteiger partial charge in [-0.3, -0.25) is 9.59 Å². The van der Waals surface area contributed by atoms with Crippen LogP contribution in [0.4, 0.5) is 0 Å². The first-order valence-electron chi connectivity index (χ1n) is 10.6. The Balaban J connectivity index is 1.65. The average molecular weight is 396 g/mol. The van der Waals surface area contributed by atoms with Crippen LogP contribution in [0.2, 0.25) is 0 Å². The molecule has 1 aromatic heterocycles. The first-order valence-corrected chi connectivity index (χ1v) is 10.6. The summed E-state index contributed by atoms with van der Waals surface area (Å²) in [5.41, 5.74) is 4.86. The van der Waals surface area contributed by atoms with Gasteiger partial charge in [-0.05, 0) is 57.4 Å². The number of carbonyl (C=O) groups is 2. The predicted octanol–water partition coefficient (Wildman–Crippen LogP) is 4.41. The predicted molar refractivity (Wildman–Crippen MR) is 117 cm³/mol. The lowest BCUT2D eigenvalue weighted by atomic mass is 10.0. The van der Waals surface area contributed by atoms with E-state index in [0.29, 0.717) is 38.1 Å². The summed E-state index contributed by atoms with van der Waals surface area (Å²) in [6, 6.07) is 10.2. The molecule has 156 valence electrons. The third-order valence-electron chi connectivity index (χ3n) is 5.91. The van der Waals surface area contributed by atoms with Crippen LogP contribution in [0.3, 0.4) is 0 Å². The van der Waals surface area contributed by atoms with E-state index in [1.54, 1.807) is 0 Å². The second-order valence-corrected chi connectivity index (χ2v) is 8.61. The molecule has 0 unspecified atom stereocenters. The Bertz CT molecular complexity index is 886. The minimum Gasteiger partial charge on any atom is -0.346 e. The van der Waals surface area contributed by atoms with E-state index in [4.69, 9.17) is 0 Å². The van der Waals surface area contributed by atoms with Gasteiger partial charge < -0.3 is 14.4 Å². The second kappa shape index (κ2) is 8.44. The fourth-order valence-electron chi connectivity index (χ4n) is 4.26. The Morgan fingerprint density at radius 2 is 1.34 bits per heavy atom. The number of hydrogen-bond acceptors (Lipinski definition) is 2. The summed E-state index contributed by atoms with van der Waals surface area (Å²) in [5.74, 6) is 0.565. The van der Waals surface area contributed by atoms with Gasteiger partial charge in [0.15, 0.2) is 0 Å². The van der Waals surface area contributed by atoms with Crippen LogP contribution in [0.1, 0.15) is 77.3 Å². The van der Waals surface area contributed by atoms with Gasteiger partial charge in [0.25, 0.3) is 11.8 Å². The fraction of sp³-hybridized carbons (Fsp3) is 0.500. The lowest BCUT2D eigenvalue weighted by Crippen LogP contribution is -2.50. The molecule has 0 spiro atoms. The monoisotopic (exact) mass is 395 g/mol. The van der Waals surface area contributed by atoms with Crippen molar-refractivity contribution in [3.05, 3.63) is 58.4 Å². The molecule has 2 aromatic rings. The van der Waals surface area contributed by atoms with Gasteiger partial charge in [-0.1, -0.05) is 26.0 Å². The highest BCUT2D eigenvalue weighted by Gasteiger charge is 2.27. The smallest absolute Gasteiger partial charge is 0.255 e. The molecule has 2 heterocycles.